The van der Waals surface area contributed by atoms with Gasteiger partial charge in [0.2, 0.25) is 0 Å². The molecule has 0 aliphatic carbocycles. The molecule has 0 unspecified atom stereocenters. The second kappa shape index (κ2) is 9.86. The number of Topliss-reactive ketones (excluding diaryl/α,β-unsaturated/α-hetero) is 1. The lowest BCUT2D eigenvalue weighted by atomic mass is 10.0. The number of ketones is 1. The van der Waals surface area contributed by atoms with Gasteiger partial charge in [-0.25, -0.2) is 9.59 Å². The summed E-state index contributed by atoms with van der Waals surface area (Å²) in [5.74, 6) is -1.29. The molecular weight excluding hydrogens is 372 g/mol. The molecule has 0 bridgehead atoms. The van der Waals surface area contributed by atoms with E-state index in [1.807, 2.05) is 6.92 Å². The van der Waals surface area contributed by atoms with Crippen LogP contribution in [0, 0.1) is 0 Å². The minimum atomic E-state index is -0.587. The normalized spacial score (nSPS) is 16.4. The summed E-state index contributed by atoms with van der Waals surface area (Å²) in [7, 11) is 0. The number of nitrogens with one attached hydrogen (secondary N) is 2. The van der Waals surface area contributed by atoms with E-state index in [1.54, 1.807) is 24.4 Å². The van der Waals surface area contributed by atoms with Gasteiger partial charge in [-0.2, -0.15) is 0 Å². The predicted octanol–water partition coefficient (Wildman–Crippen LogP) is 2.16. The van der Waals surface area contributed by atoms with Crippen LogP contribution in [0.1, 0.15) is 42.8 Å². The molecule has 0 radical (unpaired) electrons. The van der Waals surface area contributed by atoms with Crippen molar-refractivity contribution in [1.82, 2.24) is 10.6 Å². The lowest BCUT2D eigenvalue weighted by molar-refractivity contribution is -0.143. The Morgan fingerprint density at radius 3 is 2.59 bits per heavy atom. The van der Waals surface area contributed by atoms with Crippen LogP contribution < -0.4 is 10.6 Å². The maximum atomic E-state index is 12.2. The van der Waals surface area contributed by atoms with Crippen molar-refractivity contribution in [3.63, 3.8) is 0 Å². The highest BCUT2D eigenvalue weighted by atomic mass is 32.1. The van der Waals surface area contributed by atoms with Gasteiger partial charge in [-0.3, -0.25) is 9.59 Å². The van der Waals surface area contributed by atoms with Gasteiger partial charge in [-0.05, 0) is 24.8 Å². The van der Waals surface area contributed by atoms with Crippen LogP contribution in [0.25, 0.3) is 0 Å². The molecule has 1 atom stereocenters. The highest BCUT2D eigenvalue weighted by molar-refractivity contribution is 7.12. The van der Waals surface area contributed by atoms with Gasteiger partial charge in [-0.15, -0.1) is 11.3 Å². The molecule has 1 aromatic rings. The summed E-state index contributed by atoms with van der Waals surface area (Å²) in [6.07, 6.45) is 0.436. The van der Waals surface area contributed by atoms with E-state index >= 15 is 0 Å². The maximum Gasteiger partial charge on any atom is 0.338 e. The zero-order valence-corrected chi connectivity index (χ0v) is 16.0. The third-order valence-electron chi connectivity index (χ3n) is 3.88. The van der Waals surface area contributed by atoms with E-state index in [1.165, 1.54) is 11.3 Å². The van der Waals surface area contributed by atoms with E-state index in [9.17, 15) is 19.2 Å². The third-order valence-corrected chi connectivity index (χ3v) is 4.79. The molecule has 9 heteroatoms. The molecule has 2 amide bonds. The topological polar surface area (TPSA) is 111 Å². The van der Waals surface area contributed by atoms with Gasteiger partial charge in [0.15, 0.2) is 5.78 Å². The summed E-state index contributed by atoms with van der Waals surface area (Å²) in [6.45, 7) is 3.41. The third kappa shape index (κ3) is 5.65. The Morgan fingerprint density at radius 2 is 1.96 bits per heavy atom. The number of carbonyl (C=O) groups is 4. The molecule has 2 rings (SSSR count). The first-order valence-corrected chi connectivity index (χ1v) is 9.54. The smallest absolute Gasteiger partial charge is 0.338 e. The number of rotatable bonds is 9. The molecular formula is C18H22N2O6S. The predicted molar refractivity (Wildman–Crippen MR) is 98.2 cm³/mol. The SMILES string of the molecule is CCOC(=O)C1=C(COC(=O)CCC(=O)c2cccs2)NC(=O)N[C@@H]1CC. The van der Waals surface area contributed by atoms with Gasteiger partial charge >= 0.3 is 18.0 Å². The zero-order chi connectivity index (χ0) is 19.8. The van der Waals surface area contributed by atoms with Crippen LogP contribution in [0.2, 0.25) is 0 Å². The summed E-state index contributed by atoms with van der Waals surface area (Å²) in [6, 6.07) is 2.47. The molecule has 1 aromatic heterocycles. The molecule has 1 aliphatic heterocycles. The first-order chi connectivity index (χ1) is 13.0. The van der Waals surface area contributed by atoms with E-state index in [4.69, 9.17) is 9.47 Å². The van der Waals surface area contributed by atoms with Crippen molar-refractivity contribution in [2.24, 2.45) is 0 Å². The molecule has 1 aliphatic rings. The largest absolute Gasteiger partial charge is 0.463 e. The number of amides is 2. The Hall–Kier alpha value is -2.68. The quantitative estimate of drug-likeness (QED) is 0.490. The van der Waals surface area contributed by atoms with Gasteiger partial charge in [0.05, 0.1) is 35.2 Å². The van der Waals surface area contributed by atoms with Crippen molar-refractivity contribution in [3.8, 4) is 0 Å². The molecule has 0 fully saturated rings. The zero-order valence-electron chi connectivity index (χ0n) is 15.2. The van der Waals surface area contributed by atoms with Crippen LogP contribution in [0.5, 0.6) is 0 Å². The number of esters is 2. The van der Waals surface area contributed by atoms with Crippen molar-refractivity contribution >= 4 is 35.1 Å². The number of hydrogen-bond donors (Lipinski definition) is 2. The molecule has 2 heterocycles. The minimum absolute atomic E-state index is 0.0363. The summed E-state index contributed by atoms with van der Waals surface area (Å²) in [5.41, 5.74) is 0.434. The van der Waals surface area contributed by atoms with Gasteiger partial charge in [0.1, 0.15) is 6.61 Å². The van der Waals surface area contributed by atoms with Crippen LogP contribution >= 0.6 is 11.3 Å². The van der Waals surface area contributed by atoms with E-state index in [0.717, 1.165) is 0 Å². The van der Waals surface area contributed by atoms with Crippen LogP contribution in [0.3, 0.4) is 0 Å². The highest BCUT2D eigenvalue weighted by Gasteiger charge is 2.32. The number of urea groups is 1. The molecule has 0 aromatic carbocycles. The van der Waals surface area contributed by atoms with Crippen LogP contribution in [-0.2, 0) is 19.1 Å². The van der Waals surface area contributed by atoms with E-state index in [-0.39, 0.29) is 43.1 Å². The number of hydrogen-bond acceptors (Lipinski definition) is 7. The molecule has 2 N–H and O–H groups in total. The Bertz CT molecular complexity index is 741. The highest BCUT2D eigenvalue weighted by Crippen LogP contribution is 2.18. The van der Waals surface area contributed by atoms with Crippen molar-refractivity contribution < 1.29 is 28.7 Å². The van der Waals surface area contributed by atoms with Gasteiger partial charge in [0.25, 0.3) is 0 Å². The monoisotopic (exact) mass is 394 g/mol. The maximum absolute atomic E-state index is 12.2. The van der Waals surface area contributed by atoms with Crippen LogP contribution in [0.15, 0.2) is 28.8 Å². The van der Waals surface area contributed by atoms with Gasteiger partial charge in [0, 0.05) is 6.42 Å². The molecule has 8 nitrogen and oxygen atoms in total. The van der Waals surface area contributed by atoms with Crippen molar-refractivity contribution in [3.05, 3.63) is 33.7 Å². The summed E-state index contributed by atoms with van der Waals surface area (Å²) in [4.78, 5) is 48.5. The van der Waals surface area contributed by atoms with Crippen molar-refractivity contribution in [2.75, 3.05) is 13.2 Å². The molecule has 146 valence electrons. The first-order valence-electron chi connectivity index (χ1n) is 8.66. The summed E-state index contributed by atoms with van der Waals surface area (Å²) < 4.78 is 10.2. The second-order valence-corrected chi connectivity index (χ2v) is 6.68. The van der Waals surface area contributed by atoms with E-state index < -0.39 is 24.0 Å². The molecule has 0 spiro atoms. The number of carbonyl (C=O) groups excluding carboxylic acids is 4. The molecule has 0 saturated carbocycles. The van der Waals surface area contributed by atoms with E-state index in [2.05, 4.69) is 10.6 Å². The van der Waals surface area contributed by atoms with Crippen LogP contribution in [-0.4, -0.2) is 43.0 Å². The van der Waals surface area contributed by atoms with Crippen molar-refractivity contribution in [2.45, 2.75) is 39.2 Å². The molecule has 0 saturated heterocycles. The Morgan fingerprint density at radius 1 is 1.19 bits per heavy atom. The minimum Gasteiger partial charge on any atom is -0.463 e. The van der Waals surface area contributed by atoms with E-state index in [0.29, 0.717) is 11.3 Å². The summed E-state index contributed by atoms with van der Waals surface area (Å²) >= 11 is 1.31. The summed E-state index contributed by atoms with van der Waals surface area (Å²) in [5, 5.41) is 6.93. The average molecular weight is 394 g/mol. The fraction of sp³-hybridized carbons (Fsp3) is 0.444. The van der Waals surface area contributed by atoms with Crippen LogP contribution in [0.4, 0.5) is 4.79 Å². The number of ether oxygens (including phenoxy) is 2. The average Bonchev–Trinajstić information content (AvgIpc) is 3.18. The first kappa shape index (κ1) is 20.6. The van der Waals surface area contributed by atoms with Gasteiger partial charge < -0.3 is 20.1 Å². The Labute approximate surface area is 160 Å². The Kier molecular flexibility index (Phi) is 7.54. The lowest BCUT2D eigenvalue weighted by Gasteiger charge is -2.28. The fourth-order valence-electron chi connectivity index (χ4n) is 2.58. The Balaban J connectivity index is 1.98. The standard InChI is InChI=1S/C18H22N2O6S/c1-3-11-16(17(23)25-4-2)12(20-18(24)19-11)10-26-15(22)8-7-13(21)14-6-5-9-27-14/h5-6,9,11H,3-4,7-8,10H2,1-2H3,(H2,19,20,24)/t11-/m1/s1. The number of thiophene rings is 1. The van der Waals surface area contributed by atoms with Gasteiger partial charge in [-0.1, -0.05) is 13.0 Å². The fourth-order valence-corrected chi connectivity index (χ4v) is 3.27. The molecule has 27 heavy (non-hydrogen) atoms. The van der Waals surface area contributed by atoms with Crippen molar-refractivity contribution in [1.29, 1.82) is 0 Å². The lowest BCUT2D eigenvalue weighted by Crippen LogP contribution is -2.51. The second-order valence-electron chi connectivity index (χ2n) is 5.73.